The second-order valence-electron chi connectivity index (χ2n) is 6.82. The predicted octanol–water partition coefficient (Wildman–Crippen LogP) is 1.62. The van der Waals surface area contributed by atoms with Crippen LogP contribution in [0.4, 0.5) is 0 Å². The van der Waals surface area contributed by atoms with Gasteiger partial charge in [0.15, 0.2) is 5.82 Å². The fraction of sp³-hybridized carbons (Fsp3) is 0.929. The van der Waals surface area contributed by atoms with Crippen molar-refractivity contribution in [1.29, 1.82) is 0 Å². The second kappa shape index (κ2) is 6.62. The van der Waals surface area contributed by atoms with Crippen LogP contribution in [0, 0.1) is 5.41 Å². The van der Waals surface area contributed by atoms with E-state index in [9.17, 15) is 8.42 Å². The molecule has 1 rings (SSSR count). The Morgan fingerprint density at radius 1 is 1.23 bits per heavy atom. The van der Waals surface area contributed by atoms with Crippen LogP contribution in [0.5, 0.6) is 0 Å². The summed E-state index contributed by atoms with van der Waals surface area (Å²) >= 11 is 0. The van der Waals surface area contributed by atoms with Crippen molar-refractivity contribution in [2.45, 2.75) is 58.9 Å². The van der Waals surface area contributed by atoms with Crippen LogP contribution in [0.3, 0.4) is 0 Å². The maximum absolute atomic E-state index is 12.0. The average molecular weight is 331 g/mol. The van der Waals surface area contributed by atoms with Crippen molar-refractivity contribution in [2.24, 2.45) is 12.5 Å². The van der Waals surface area contributed by atoms with E-state index in [1.54, 1.807) is 11.7 Å². The van der Waals surface area contributed by atoms with Crippen molar-refractivity contribution in [1.82, 2.24) is 24.5 Å². The highest BCUT2D eigenvalue weighted by Crippen LogP contribution is 2.39. The Morgan fingerprint density at radius 3 is 2.18 bits per heavy atom. The monoisotopic (exact) mass is 331 g/mol. The largest absolute Gasteiger partial charge is 0.233 e. The molecule has 0 spiro atoms. The number of nitrogens with zero attached hydrogens (tertiary/aromatic N) is 5. The van der Waals surface area contributed by atoms with Crippen LogP contribution in [-0.2, 0) is 23.5 Å². The first-order valence-corrected chi connectivity index (χ1v) is 9.47. The van der Waals surface area contributed by atoms with Crippen LogP contribution in [0.1, 0.15) is 52.8 Å². The SMILES string of the molecule is CCC(C)(Cc1nnnn1C)CC(C)(CC)N(C)S(C)(=O)=O. The lowest BCUT2D eigenvalue weighted by molar-refractivity contribution is 0.124. The highest BCUT2D eigenvalue weighted by molar-refractivity contribution is 7.88. The average Bonchev–Trinajstić information content (AvgIpc) is 2.82. The number of aryl methyl sites for hydroxylation is 1. The molecular weight excluding hydrogens is 302 g/mol. The number of rotatable bonds is 8. The standard InChI is InChI=1S/C14H29N5O2S/c1-8-13(3,10-12-15-16-17-18(12)5)11-14(4,9-2)19(6)22(7,20)21/h8-11H2,1-7H3. The van der Waals surface area contributed by atoms with Gasteiger partial charge in [0.2, 0.25) is 10.0 Å². The lowest BCUT2D eigenvalue weighted by atomic mass is 9.72. The summed E-state index contributed by atoms with van der Waals surface area (Å²) in [4.78, 5) is 0. The summed E-state index contributed by atoms with van der Waals surface area (Å²) < 4.78 is 27.1. The summed E-state index contributed by atoms with van der Waals surface area (Å²) in [6.07, 6.45) is 4.41. The van der Waals surface area contributed by atoms with Gasteiger partial charge in [-0.15, -0.1) is 5.10 Å². The molecule has 0 N–H and O–H groups in total. The first kappa shape index (κ1) is 19.0. The molecule has 8 heteroatoms. The highest BCUT2D eigenvalue weighted by Gasteiger charge is 2.40. The Bertz CT molecular complexity index is 600. The van der Waals surface area contributed by atoms with Gasteiger partial charge < -0.3 is 0 Å². The number of tetrazole rings is 1. The first-order chi connectivity index (χ1) is 9.97. The Hall–Kier alpha value is -1.02. The van der Waals surface area contributed by atoms with Gasteiger partial charge in [-0.25, -0.2) is 13.1 Å². The minimum absolute atomic E-state index is 0.0772. The number of hydrogen-bond donors (Lipinski definition) is 0. The maximum Gasteiger partial charge on any atom is 0.211 e. The summed E-state index contributed by atoms with van der Waals surface area (Å²) in [6, 6.07) is 0. The minimum Gasteiger partial charge on any atom is -0.233 e. The van der Waals surface area contributed by atoms with Crippen molar-refractivity contribution in [3.63, 3.8) is 0 Å². The summed E-state index contributed by atoms with van der Waals surface area (Å²) in [5.74, 6) is 0.824. The molecule has 0 radical (unpaired) electrons. The first-order valence-electron chi connectivity index (χ1n) is 7.62. The zero-order valence-corrected chi connectivity index (χ0v) is 15.6. The Morgan fingerprint density at radius 2 is 1.82 bits per heavy atom. The summed E-state index contributed by atoms with van der Waals surface area (Å²) in [5.41, 5.74) is -0.503. The number of sulfonamides is 1. The molecule has 0 bridgehead atoms. The summed E-state index contributed by atoms with van der Waals surface area (Å²) in [7, 11) is 0.256. The third-order valence-electron chi connectivity index (χ3n) is 4.97. The van der Waals surface area contributed by atoms with Crippen molar-refractivity contribution in [2.75, 3.05) is 13.3 Å². The molecule has 128 valence electrons. The number of aromatic nitrogens is 4. The highest BCUT2D eigenvalue weighted by atomic mass is 32.2. The molecule has 7 nitrogen and oxygen atoms in total. The van der Waals surface area contributed by atoms with Gasteiger partial charge in [0.1, 0.15) is 0 Å². The van der Waals surface area contributed by atoms with Gasteiger partial charge in [-0.2, -0.15) is 4.31 Å². The van der Waals surface area contributed by atoms with Gasteiger partial charge in [0.05, 0.1) is 6.26 Å². The molecule has 0 aliphatic carbocycles. The Labute approximate surface area is 134 Å². The van der Waals surface area contributed by atoms with Gasteiger partial charge >= 0.3 is 0 Å². The van der Waals surface area contributed by atoms with Crippen LogP contribution in [0.25, 0.3) is 0 Å². The molecule has 1 heterocycles. The predicted molar refractivity (Wildman–Crippen MR) is 86.8 cm³/mol. The van der Waals surface area contributed by atoms with Crippen molar-refractivity contribution in [3.8, 4) is 0 Å². The molecule has 0 aromatic carbocycles. The zero-order valence-electron chi connectivity index (χ0n) is 14.8. The molecule has 1 aromatic heterocycles. The van der Waals surface area contributed by atoms with E-state index in [1.165, 1.54) is 10.6 Å². The fourth-order valence-corrected chi connectivity index (χ4v) is 3.87. The van der Waals surface area contributed by atoms with Gasteiger partial charge in [-0.3, -0.25) is 0 Å². The minimum atomic E-state index is -3.24. The summed E-state index contributed by atoms with van der Waals surface area (Å²) in [6.45, 7) is 8.34. The van der Waals surface area contributed by atoms with E-state index in [4.69, 9.17) is 0 Å². The van der Waals surface area contributed by atoms with Crippen LogP contribution >= 0.6 is 0 Å². The summed E-state index contributed by atoms with van der Waals surface area (Å²) in [5, 5.41) is 11.6. The van der Waals surface area contributed by atoms with Crippen molar-refractivity contribution >= 4 is 10.0 Å². The van der Waals surface area contributed by atoms with Crippen LogP contribution in [0.2, 0.25) is 0 Å². The van der Waals surface area contributed by atoms with Gasteiger partial charge in [0.25, 0.3) is 0 Å². The molecule has 0 aliphatic rings. The van der Waals surface area contributed by atoms with Gasteiger partial charge in [-0.05, 0) is 35.6 Å². The third-order valence-corrected chi connectivity index (χ3v) is 6.41. The Balaban J connectivity index is 3.06. The van der Waals surface area contributed by atoms with Crippen molar-refractivity contribution in [3.05, 3.63) is 5.82 Å². The van der Waals surface area contributed by atoms with E-state index in [0.717, 1.165) is 31.5 Å². The van der Waals surface area contributed by atoms with Crippen LogP contribution in [0.15, 0.2) is 0 Å². The Kier molecular flexibility index (Phi) is 5.72. The van der Waals surface area contributed by atoms with E-state index in [-0.39, 0.29) is 5.41 Å². The normalized spacial score (nSPS) is 18.2. The molecule has 1 aromatic rings. The molecule has 0 saturated heterocycles. The van der Waals surface area contributed by atoms with Crippen molar-refractivity contribution < 1.29 is 8.42 Å². The number of hydrogen-bond acceptors (Lipinski definition) is 5. The van der Waals surface area contributed by atoms with E-state index in [2.05, 4.69) is 29.4 Å². The lowest BCUT2D eigenvalue weighted by Crippen LogP contribution is -2.49. The van der Waals surface area contributed by atoms with Crippen LogP contribution < -0.4 is 0 Å². The molecule has 2 atom stereocenters. The molecule has 0 fully saturated rings. The van der Waals surface area contributed by atoms with E-state index < -0.39 is 15.6 Å². The van der Waals surface area contributed by atoms with Crippen LogP contribution in [-0.4, -0.2) is 51.8 Å². The zero-order chi connectivity index (χ0) is 17.2. The van der Waals surface area contributed by atoms with E-state index >= 15 is 0 Å². The molecule has 0 aliphatic heterocycles. The molecular formula is C14H29N5O2S. The smallest absolute Gasteiger partial charge is 0.211 e. The molecule has 22 heavy (non-hydrogen) atoms. The van der Waals surface area contributed by atoms with Gasteiger partial charge in [0, 0.05) is 26.1 Å². The third kappa shape index (κ3) is 4.25. The van der Waals surface area contributed by atoms with E-state index in [1.807, 2.05) is 20.9 Å². The molecule has 0 saturated carbocycles. The quantitative estimate of drug-likeness (QED) is 0.723. The van der Waals surface area contributed by atoms with E-state index in [0.29, 0.717) is 0 Å². The maximum atomic E-state index is 12.0. The lowest BCUT2D eigenvalue weighted by Gasteiger charge is -2.43. The second-order valence-corrected chi connectivity index (χ2v) is 8.83. The molecule has 2 unspecified atom stereocenters. The van der Waals surface area contributed by atoms with Gasteiger partial charge in [-0.1, -0.05) is 27.2 Å². The fourth-order valence-electron chi connectivity index (χ4n) is 2.87. The molecule has 0 amide bonds. The topological polar surface area (TPSA) is 81.0 Å².